The molecule has 0 aliphatic carbocycles. The van der Waals surface area contributed by atoms with Crippen LogP contribution in [0.4, 0.5) is 5.00 Å². The molecule has 0 amide bonds. The molecule has 2 rings (SSSR count). The number of thioether (sulfide) groups is 1. The molecule has 0 radical (unpaired) electrons. The molecule has 1 N–H and O–H groups in total. The van der Waals surface area contributed by atoms with E-state index in [4.69, 9.17) is 0 Å². The van der Waals surface area contributed by atoms with Gasteiger partial charge in [0.05, 0.1) is 0 Å². The molecule has 0 saturated heterocycles. The molecule has 0 unspecified atom stereocenters. The number of nitrogens with zero attached hydrogens (tertiary/aromatic N) is 4. The van der Waals surface area contributed by atoms with Gasteiger partial charge in [-0.3, -0.25) is 0 Å². The fraction of sp³-hybridized carbons (Fsp3) is 0.444. The zero-order valence-electron chi connectivity index (χ0n) is 9.17. The molecule has 5 nitrogen and oxygen atoms in total. The topological polar surface area (TPSA) is 55.6 Å². The van der Waals surface area contributed by atoms with Gasteiger partial charge in [0.25, 0.3) is 0 Å². The van der Waals surface area contributed by atoms with Crippen LogP contribution in [0.15, 0.2) is 17.6 Å². The molecule has 16 heavy (non-hydrogen) atoms. The van der Waals surface area contributed by atoms with E-state index in [1.165, 1.54) is 11.5 Å². The van der Waals surface area contributed by atoms with Crippen molar-refractivity contribution in [1.82, 2.24) is 19.1 Å². The number of aromatic nitrogens is 4. The molecule has 0 spiro atoms. The van der Waals surface area contributed by atoms with Crippen molar-refractivity contribution in [3.8, 4) is 0 Å². The first-order valence-electron chi connectivity index (χ1n) is 4.96. The second-order valence-corrected chi connectivity index (χ2v) is 4.89. The maximum atomic E-state index is 4.25. The minimum atomic E-state index is 0.795. The van der Waals surface area contributed by atoms with Crippen LogP contribution in [0.1, 0.15) is 12.6 Å². The molecule has 2 aromatic heterocycles. The van der Waals surface area contributed by atoms with Gasteiger partial charge in [0, 0.05) is 43.3 Å². The number of imidazole rings is 1. The van der Waals surface area contributed by atoms with Gasteiger partial charge in [-0.15, -0.1) is 5.10 Å². The molecule has 2 aromatic rings. The molecule has 7 heteroatoms. The summed E-state index contributed by atoms with van der Waals surface area (Å²) < 4.78 is 5.95. The summed E-state index contributed by atoms with van der Waals surface area (Å²) in [5.74, 6) is 0.795. The Kier molecular flexibility index (Phi) is 3.79. The highest BCUT2D eigenvalue weighted by molar-refractivity contribution is 7.98. The van der Waals surface area contributed by atoms with Gasteiger partial charge in [-0.25, -0.2) is 4.98 Å². The lowest BCUT2D eigenvalue weighted by Gasteiger charge is -2.02. The summed E-state index contributed by atoms with van der Waals surface area (Å²) in [5, 5.41) is 9.42. The molecule has 0 aliphatic rings. The molecule has 0 saturated carbocycles. The van der Waals surface area contributed by atoms with Gasteiger partial charge in [-0.05, 0) is 6.92 Å². The summed E-state index contributed by atoms with van der Waals surface area (Å²) in [6.07, 6.45) is 3.74. The molecule has 0 fully saturated rings. The summed E-state index contributed by atoms with van der Waals surface area (Å²) in [7, 11) is 1.99. The Bertz CT molecular complexity index is 450. The van der Waals surface area contributed by atoms with Crippen molar-refractivity contribution < 1.29 is 0 Å². The van der Waals surface area contributed by atoms with Crippen molar-refractivity contribution in [2.24, 2.45) is 7.05 Å². The largest absolute Gasteiger partial charge is 0.374 e. The predicted octanol–water partition coefficient (Wildman–Crippen LogP) is 2.00. The Labute approximate surface area is 102 Å². The van der Waals surface area contributed by atoms with Crippen LogP contribution in [0.25, 0.3) is 0 Å². The fourth-order valence-electron chi connectivity index (χ4n) is 1.22. The maximum absolute atomic E-state index is 4.25. The van der Waals surface area contributed by atoms with Gasteiger partial charge < -0.3 is 9.88 Å². The highest BCUT2D eigenvalue weighted by atomic mass is 32.2. The second kappa shape index (κ2) is 5.31. The van der Waals surface area contributed by atoms with Gasteiger partial charge in [0.1, 0.15) is 10.7 Å². The lowest BCUT2D eigenvalue weighted by Crippen LogP contribution is -1.98. The van der Waals surface area contributed by atoms with Crippen LogP contribution in [0.2, 0.25) is 0 Å². The van der Waals surface area contributed by atoms with E-state index in [2.05, 4.69) is 26.8 Å². The Morgan fingerprint density at radius 2 is 2.44 bits per heavy atom. The number of nitrogens with one attached hydrogen (secondary N) is 1. The van der Waals surface area contributed by atoms with Crippen molar-refractivity contribution >= 4 is 28.3 Å². The first-order valence-corrected chi connectivity index (χ1v) is 6.72. The number of aryl methyl sites for hydroxylation is 1. The second-order valence-electron chi connectivity index (χ2n) is 3.19. The van der Waals surface area contributed by atoms with Gasteiger partial charge in [-0.2, -0.15) is 0 Å². The summed E-state index contributed by atoms with van der Waals surface area (Å²) in [6.45, 7) is 2.96. The Morgan fingerprint density at radius 3 is 3.12 bits per heavy atom. The molecule has 0 aromatic carbocycles. The molecule has 2 heterocycles. The zero-order chi connectivity index (χ0) is 11.4. The molecule has 86 valence electrons. The van der Waals surface area contributed by atoms with E-state index in [0.29, 0.717) is 0 Å². The zero-order valence-corrected chi connectivity index (χ0v) is 10.8. The van der Waals surface area contributed by atoms with Crippen LogP contribution in [0, 0.1) is 0 Å². The van der Waals surface area contributed by atoms with E-state index in [-0.39, 0.29) is 0 Å². The third kappa shape index (κ3) is 2.53. The predicted molar refractivity (Wildman–Crippen MR) is 66.8 cm³/mol. The smallest absolute Gasteiger partial charge is 0.168 e. The summed E-state index contributed by atoms with van der Waals surface area (Å²) >= 11 is 3.07. The monoisotopic (exact) mass is 255 g/mol. The van der Waals surface area contributed by atoms with Crippen molar-refractivity contribution in [3.63, 3.8) is 0 Å². The number of rotatable bonds is 5. The minimum absolute atomic E-state index is 0.795. The average Bonchev–Trinajstić information content (AvgIpc) is 2.86. The van der Waals surface area contributed by atoms with Crippen molar-refractivity contribution in [2.45, 2.75) is 17.8 Å². The van der Waals surface area contributed by atoms with Crippen molar-refractivity contribution in [3.05, 3.63) is 18.1 Å². The molecular weight excluding hydrogens is 242 g/mol. The fourth-order valence-corrected chi connectivity index (χ4v) is 2.83. The third-order valence-electron chi connectivity index (χ3n) is 2.01. The van der Waals surface area contributed by atoms with E-state index in [9.17, 15) is 0 Å². The highest BCUT2D eigenvalue weighted by Gasteiger charge is 2.09. The lowest BCUT2D eigenvalue weighted by molar-refractivity contribution is 0.789. The van der Waals surface area contributed by atoms with Crippen molar-refractivity contribution in [2.75, 3.05) is 11.9 Å². The Hall–Kier alpha value is -1.08. The Morgan fingerprint density at radius 1 is 1.56 bits per heavy atom. The van der Waals surface area contributed by atoms with E-state index in [1.54, 1.807) is 18.0 Å². The molecule has 0 bridgehead atoms. The SMILES string of the molecule is CCNc1snnc1CSc1nccn1C. The molecular formula is C9H13N5S2. The lowest BCUT2D eigenvalue weighted by atomic mass is 10.5. The van der Waals surface area contributed by atoms with Gasteiger partial charge >= 0.3 is 0 Å². The van der Waals surface area contributed by atoms with Crippen molar-refractivity contribution in [1.29, 1.82) is 0 Å². The number of hydrogen-bond acceptors (Lipinski definition) is 6. The highest BCUT2D eigenvalue weighted by Crippen LogP contribution is 2.25. The number of anilines is 1. The van der Waals surface area contributed by atoms with Crippen LogP contribution >= 0.6 is 23.3 Å². The van der Waals surface area contributed by atoms with Crippen LogP contribution < -0.4 is 5.32 Å². The summed E-state index contributed by atoms with van der Waals surface area (Å²) in [6, 6.07) is 0. The summed E-state index contributed by atoms with van der Waals surface area (Å²) in [4.78, 5) is 4.25. The van der Waals surface area contributed by atoms with E-state index in [1.807, 2.05) is 17.8 Å². The van der Waals surface area contributed by atoms with Gasteiger partial charge in [0.2, 0.25) is 0 Å². The summed E-state index contributed by atoms with van der Waals surface area (Å²) in [5.41, 5.74) is 1.000. The molecule has 0 aliphatic heterocycles. The van der Waals surface area contributed by atoms with Gasteiger partial charge in [-0.1, -0.05) is 16.3 Å². The van der Waals surface area contributed by atoms with Crippen LogP contribution in [0.5, 0.6) is 0 Å². The standard InChI is InChI=1S/C9H13N5S2/c1-3-10-8-7(12-13-16-8)6-15-9-11-4-5-14(9)2/h4-5,10H,3,6H2,1-2H3. The normalized spacial score (nSPS) is 10.6. The first-order chi connectivity index (χ1) is 7.81. The van der Waals surface area contributed by atoms with Crippen LogP contribution in [0.3, 0.4) is 0 Å². The minimum Gasteiger partial charge on any atom is -0.374 e. The van der Waals surface area contributed by atoms with E-state index < -0.39 is 0 Å². The first kappa shape index (κ1) is 11.4. The van der Waals surface area contributed by atoms with E-state index in [0.717, 1.165) is 28.1 Å². The van der Waals surface area contributed by atoms with E-state index >= 15 is 0 Å². The Balaban J connectivity index is 1.99. The van der Waals surface area contributed by atoms with Gasteiger partial charge in [0.15, 0.2) is 5.16 Å². The molecule has 0 atom stereocenters. The van der Waals surface area contributed by atoms with Crippen LogP contribution in [-0.2, 0) is 12.8 Å². The van der Waals surface area contributed by atoms with Crippen LogP contribution in [-0.4, -0.2) is 25.7 Å². The maximum Gasteiger partial charge on any atom is 0.168 e. The average molecular weight is 255 g/mol. The quantitative estimate of drug-likeness (QED) is 0.828. The third-order valence-corrected chi connectivity index (χ3v) is 3.80. The number of hydrogen-bond donors (Lipinski definition) is 1.